The largest absolute Gasteiger partial charge is 0.334 e. The third-order valence-electron chi connectivity index (χ3n) is 2.51. The van der Waals surface area contributed by atoms with E-state index in [4.69, 9.17) is 0 Å². The average Bonchev–Trinajstić information content (AvgIpc) is 2.59. The van der Waals surface area contributed by atoms with Crippen molar-refractivity contribution >= 4 is 21.6 Å². The molecule has 7 heteroatoms. The first kappa shape index (κ1) is 11.8. The van der Waals surface area contributed by atoms with Crippen LogP contribution in [0.15, 0.2) is 24.5 Å². The first-order chi connectivity index (χ1) is 8.05. The number of carbonyl (C=O) groups is 1. The van der Waals surface area contributed by atoms with Gasteiger partial charge in [0, 0.05) is 24.1 Å². The molecule has 2 amide bonds. The fourth-order valence-electron chi connectivity index (χ4n) is 1.70. The number of anilines is 1. The van der Waals surface area contributed by atoms with E-state index in [1.807, 2.05) is 0 Å². The molecule has 0 spiro atoms. The van der Waals surface area contributed by atoms with Crippen LogP contribution in [0.4, 0.5) is 10.5 Å². The molecule has 0 aliphatic carbocycles. The topological polar surface area (TPSA) is 88.2 Å². The van der Waals surface area contributed by atoms with E-state index in [-0.39, 0.29) is 17.5 Å². The van der Waals surface area contributed by atoms with E-state index in [1.54, 1.807) is 24.5 Å². The van der Waals surface area contributed by atoms with E-state index < -0.39 is 15.9 Å². The normalized spacial score (nSPS) is 22.0. The van der Waals surface area contributed by atoms with Crippen molar-refractivity contribution in [2.45, 2.75) is 12.5 Å². The second-order valence-electron chi connectivity index (χ2n) is 3.93. The van der Waals surface area contributed by atoms with Crippen molar-refractivity contribution in [3.8, 4) is 0 Å². The summed E-state index contributed by atoms with van der Waals surface area (Å²) < 4.78 is 22.4. The average molecular weight is 255 g/mol. The Labute approximate surface area is 99.4 Å². The zero-order chi connectivity index (χ0) is 12.3. The van der Waals surface area contributed by atoms with Crippen molar-refractivity contribution in [3.63, 3.8) is 0 Å². The van der Waals surface area contributed by atoms with Crippen LogP contribution in [0.1, 0.15) is 6.42 Å². The molecule has 2 rings (SSSR count). The second kappa shape index (κ2) is 4.70. The molecular formula is C10H13N3O3S. The molecule has 1 atom stereocenters. The van der Waals surface area contributed by atoms with E-state index in [1.165, 1.54) is 0 Å². The van der Waals surface area contributed by atoms with Gasteiger partial charge in [-0.1, -0.05) is 0 Å². The number of hydrogen-bond acceptors (Lipinski definition) is 4. The molecule has 1 unspecified atom stereocenters. The van der Waals surface area contributed by atoms with Crippen molar-refractivity contribution in [3.05, 3.63) is 24.5 Å². The summed E-state index contributed by atoms with van der Waals surface area (Å²) >= 11 is 0. The van der Waals surface area contributed by atoms with Gasteiger partial charge < -0.3 is 10.6 Å². The molecule has 0 saturated carbocycles. The molecule has 1 aromatic rings. The van der Waals surface area contributed by atoms with Gasteiger partial charge in [-0.15, -0.1) is 0 Å². The first-order valence-electron chi connectivity index (χ1n) is 5.23. The maximum Gasteiger partial charge on any atom is 0.319 e. The van der Waals surface area contributed by atoms with Crippen molar-refractivity contribution in [1.82, 2.24) is 10.3 Å². The Morgan fingerprint density at radius 2 is 2.06 bits per heavy atom. The van der Waals surface area contributed by atoms with Gasteiger partial charge in [0.15, 0.2) is 9.84 Å². The first-order valence-corrected chi connectivity index (χ1v) is 7.05. The molecule has 0 bridgehead atoms. The quantitative estimate of drug-likeness (QED) is 0.800. The number of nitrogens with zero attached hydrogens (tertiary/aromatic N) is 1. The molecular weight excluding hydrogens is 242 g/mol. The Hall–Kier alpha value is -1.63. The minimum atomic E-state index is -2.97. The standard InChI is InChI=1S/C10H13N3O3S/c14-10(12-8-1-4-11-5-2-8)13-9-3-6-17(15,16)7-9/h1-2,4-5,9H,3,6-7H2,(H2,11,12,13,14). The third-order valence-corrected chi connectivity index (χ3v) is 4.27. The van der Waals surface area contributed by atoms with Crippen LogP contribution in [0.3, 0.4) is 0 Å². The summed E-state index contributed by atoms with van der Waals surface area (Å²) in [6, 6.07) is 2.63. The van der Waals surface area contributed by atoms with Gasteiger partial charge in [-0.3, -0.25) is 4.98 Å². The molecule has 1 aliphatic heterocycles. The number of amides is 2. The maximum atomic E-state index is 11.5. The second-order valence-corrected chi connectivity index (χ2v) is 6.16. The summed E-state index contributed by atoms with van der Waals surface area (Å²) in [5.41, 5.74) is 0.623. The molecule has 2 heterocycles. The molecule has 1 aromatic heterocycles. The Kier molecular flexibility index (Phi) is 3.28. The lowest BCUT2D eigenvalue weighted by Gasteiger charge is -2.11. The van der Waals surface area contributed by atoms with E-state index in [2.05, 4.69) is 15.6 Å². The van der Waals surface area contributed by atoms with Gasteiger partial charge in [-0.25, -0.2) is 13.2 Å². The molecule has 2 N–H and O–H groups in total. The minimum absolute atomic E-state index is 0.0246. The summed E-state index contributed by atoms with van der Waals surface area (Å²) in [6.45, 7) is 0. The predicted octanol–water partition coefficient (Wildman–Crippen LogP) is 0.390. The van der Waals surface area contributed by atoms with Gasteiger partial charge in [-0.2, -0.15) is 0 Å². The number of urea groups is 1. The summed E-state index contributed by atoms with van der Waals surface area (Å²) in [6.07, 6.45) is 3.61. The van der Waals surface area contributed by atoms with Crippen molar-refractivity contribution < 1.29 is 13.2 Å². The lowest BCUT2D eigenvalue weighted by atomic mass is 10.3. The smallest absolute Gasteiger partial charge is 0.319 e. The van der Waals surface area contributed by atoms with Crippen molar-refractivity contribution in [2.24, 2.45) is 0 Å². The van der Waals surface area contributed by atoms with Gasteiger partial charge in [0.1, 0.15) is 0 Å². The van der Waals surface area contributed by atoms with E-state index in [0.29, 0.717) is 12.1 Å². The van der Waals surface area contributed by atoms with Crippen LogP contribution in [-0.4, -0.2) is 37.0 Å². The number of pyridine rings is 1. The minimum Gasteiger partial charge on any atom is -0.334 e. The molecule has 92 valence electrons. The summed E-state index contributed by atoms with van der Waals surface area (Å²) in [5.74, 6) is 0.171. The number of carbonyl (C=O) groups excluding carboxylic acids is 1. The fourth-order valence-corrected chi connectivity index (χ4v) is 3.37. The van der Waals surface area contributed by atoms with Gasteiger partial charge in [0.05, 0.1) is 11.5 Å². The van der Waals surface area contributed by atoms with Crippen LogP contribution in [0.2, 0.25) is 0 Å². The molecule has 1 aliphatic rings. The Bertz CT molecular complexity index is 501. The van der Waals surface area contributed by atoms with Gasteiger partial charge >= 0.3 is 6.03 Å². The molecule has 0 aromatic carbocycles. The highest BCUT2D eigenvalue weighted by Crippen LogP contribution is 2.11. The number of rotatable bonds is 2. The van der Waals surface area contributed by atoms with Crippen LogP contribution in [-0.2, 0) is 9.84 Å². The van der Waals surface area contributed by atoms with Crippen LogP contribution < -0.4 is 10.6 Å². The molecule has 1 fully saturated rings. The molecule has 1 saturated heterocycles. The number of aromatic nitrogens is 1. The molecule has 6 nitrogen and oxygen atoms in total. The van der Waals surface area contributed by atoms with Gasteiger partial charge in [-0.05, 0) is 18.6 Å². The third kappa shape index (κ3) is 3.42. The zero-order valence-electron chi connectivity index (χ0n) is 9.09. The summed E-state index contributed by atoms with van der Waals surface area (Å²) in [7, 11) is -2.97. The van der Waals surface area contributed by atoms with Crippen molar-refractivity contribution in [2.75, 3.05) is 16.8 Å². The highest BCUT2D eigenvalue weighted by atomic mass is 32.2. The van der Waals surface area contributed by atoms with E-state index in [0.717, 1.165) is 0 Å². The van der Waals surface area contributed by atoms with E-state index in [9.17, 15) is 13.2 Å². The summed E-state index contributed by atoms with van der Waals surface area (Å²) in [4.78, 5) is 15.4. The number of nitrogens with one attached hydrogen (secondary N) is 2. The maximum absolute atomic E-state index is 11.5. The monoisotopic (exact) mass is 255 g/mol. The number of sulfone groups is 1. The van der Waals surface area contributed by atoms with Gasteiger partial charge in [0.25, 0.3) is 0 Å². The predicted molar refractivity (Wildman–Crippen MR) is 63.5 cm³/mol. The van der Waals surface area contributed by atoms with Crippen molar-refractivity contribution in [1.29, 1.82) is 0 Å². The number of hydrogen-bond donors (Lipinski definition) is 2. The highest BCUT2D eigenvalue weighted by Gasteiger charge is 2.28. The Morgan fingerprint density at radius 3 is 2.65 bits per heavy atom. The highest BCUT2D eigenvalue weighted by molar-refractivity contribution is 7.91. The fraction of sp³-hybridized carbons (Fsp3) is 0.400. The zero-order valence-corrected chi connectivity index (χ0v) is 9.90. The van der Waals surface area contributed by atoms with E-state index >= 15 is 0 Å². The van der Waals surface area contributed by atoms with Crippen LogP contribution in [0.25, 0.3) is 0 Å². The summed E-state index contributed by atoms with van der Waals surface area (Å²) in [5, 5.41) is 5.24. The Balaban J connectivity index is 1.87. The van der Waals surface area contributed by atoms with Gasteiger partial charge in [0.2, 0.25) is 0 Å². The molecule has 0 radical (unpaired) electrons. The lowest BCUT2D eigenvalue weighted by molar-refractivity contribution is 0.249. The van der Waals surface area contributed by atoms with Crippen LogP contribution in [0, 0.1) is 0 Å². The lowest BCUT2D eigenvalue weighted by Crippen LogP contribution is -2.38. The van der Waals surface area contributed by atoms with Crippen LogP contribution >= 0.6 is 0 Å². The Morgan fingerprint density at radius 1 is 1.35 bits per heavy atom. The van der Waals surface area contributed by atoms with Crippen LogP contribution in [0.5, 0.6) is 0 Å². The SMILES string of the molecule is O=C(Nc1ccncc1)NC1CCS(=O)(=O)C1. The molecule has 17 heavy (non-hydrogen) atoms.